The van der Waals surface area contributed by atoms with E-state index in [1.165, 1.54) is 10.9 Å². The third-order valence-corrected chi connectivity index (χ3v) is 4.03. The molecule has 1 N–H and O–H groups in total. The minimum Gasteiger partial charge on any atom is -0.476 e. The number of carbonyl (C=O) groups excluding carboxylic acids is 1. The first kappa shape index (κ1) is 14.2. The average Bonchev–Trinajstić information content (AvgIpc) is 3.07. The van der Waals surface area contributed by atoms with Gasteiger partial charge in [0.1, 0.15) is 6.54 Å². The molecule has 0 spiro atoms. The van der Waals surface area contributed by atoms with Gasteiger partial charge >= 0.3 is 5.97 Å². The van der Waals surface area contributed by atoms with Crippen LogP contribution in [0.3, 0.4) is 0 Å². The summed E-state index contributed by atoms with van der Waals surface area (Å²) in [6.07, 6.45) is 1.24. The monoisotopic (exact) mass is 294 g/mol. The second-order valence-corrected chi connectivity index (χ2v) is 5.28. The number of amides is 1. The molecule has 0 saturated carbocycles. The minimum absolute atomic E-state index is 0.0352. The van der Waals surface area contributed by atoms with Crippen LogP contribution >= 0.6 is 11.3 Å². The number of thiophene rings is 1. The SMILES string of the molecule is CC(c1cccs1)N(C)C(=O)Cn1cc(C(=O)O)nn1. The van der Waals surface area contributed by atoms with Gasteiger partial charge in [-0.25, -0.2) is 9.48 Å². The molecule has 0 aliphatic rings. The quantitative estimate of drug-likeness (QED) is 0.896. The van der Waals surface area contributed by atoms with Crippen molar-refractivity contribution in [2.45, 2.75) is 19.5 Å². The van der Waals surface area contributed by atoms with E-state index < -0.39 is 5.97 Å². The lowest BCUT2D eigenvalue weighted by Gasteiger charge is -2.23. The van der Waals surface area contributed by atoms with E-state index in [1.54, 1.807) is 23.3 Å². The summed E-state index contributed by atoms with van der Waals surface area (Å²) in [6, 6.07) is 3.87. The highest BCUT2D eigenvalue weighted by Crippen LogP contribution is 2.23. The highest BCUT2D eigenvalue weighted by Gasteiger charge is 2.19. The molecule has 1 atom stereocenters. The van der Waals surface area contributed by atoms with Crippen molar-refractivity contribution in [3.63, 3.8) is 0 Å². The maximum atomic E-state index is 12.1. The van der Waals surface area contributed by atoms with Crippen LogP contribution in [-0.2, 0) is 11.3 Å². The standard InChI is InChI=1S/C12H14N4O3S/c1-8(10-4-3-5-20-10)15(2)11(17)7-16-6-9(12(18)19)13-14-16/h3-6,8H,7H2,1-2H3,(H,18,19). The fourth-order valence-electron chi connectivity index (χ4n) is 1.66. The van der Waals surface area contributed by atoms with Crippen LogP contribution in [0.1, 0.15) is 28.3 Å². The fourth-order valence-corrected chi connectivity index (χ4v) is 2.49. The highest BCUT2D eigenvalue weighted by atomic mass is 32.1. The van der Waals surface area contributed by atoms with E-state index in [9.17, 15) is 9.59 Å². The van der Waals surface area contributed by atoms with E-state index in [2.05, 4.69) is 10.3 Å². The first-order chi connectivity index (χ1) is 9.49. The summed E-state index contributed by atoms with van der Waals surface area (Å²) < 4.78 is 1.23. The number of carboxylic acids is 1. The molecule has 1 unspecified atom stereocenters. The van der Waals surface area contributed by atoms with Gasteiger partial charge in [-0.05, 0) is 18.4 Å². The molecule has 0 aliphatic carbocycles. The third-order valence-electron chi connectivity index (χ3n) is 2.98. The first-order valence-electron chi connectivity index (χ1n) is 5.91. The van der Waals surface area contributed by atoms with Gasteiger partial charge in [-0.3, -0.25) is 4.79 Å². The number of carboxylic acid groups (broad SMARTS) is 1. The summed E-state index contributed by atoms with van der Waals surface area (Å²) in [6.45, 7) is 1.90. The van der Waals surface area contributed by atoms with Crippen LogP contribution in [0, 0.1) is 0 Å². The van der Waals surface area contributed by atoms with Crippen molar-refractivity contribution in [1.29, 1.82) is 0 Å². The molecule has 0 bridgehead atoms. The Morgan fingerprint density at radius 2 is 2.30 bits per heavy atom. The van der Waals surface area contributed by atoms with Gasteiger partial charge in [0, 0.05) is 11.9 Å². The third kappa shape index (κ3) is 3.02. The van der Waals surface area contributed by atoms with Gasteiger partial charge in [0.15, 0.2) is 5.69 Å². The Balaban J connectivity index is 2.01. The molecular weight excluding hydrogens is 280 g/mol. The zero-order chi connectivity index (χ0) is 14.7. The predicted octanol–water partition coefficient (Wildman–Crippen LogP) is 1.26. The Bertz CT molecular complexity index is 608. The Morgan fingerprint density at radius 1 is 1.55 bits per heavy atom. The molecule has 20 heavy (non-hydrogen) atoms. The van der Waals surface area contributed by atoms with Crippen LogP contribution in [0.15, 0.2) is 23.7 Å². The van der Waals surface area contributed by atoms with Crippen molar-refractivity contribution in [2.24, 2.45) is 0 Å². The first-order valence-corrected chi connectivity index (χ1v) is 6.79. The molecule has 7 nitrogen and oxygen atoms in total. The van der Waals surface area contributed by atoms with Crippen LogP contribution in [0.4, 0.5) is 0 Å². The van der Waals surface area contributed by atoms with Gasteiger partial charge in [-0.2, -0.15) is 0 Å². The number of hydrogen-bond donors (Lipinski definition) is 1. The molecule has 0 fully saturated rings. The Labute approximate surface area is 119 Å². The zero-order valence-corrected chi connectivity index (χ0v) is 11.9. The molecule has 0 aliphatic heterocycles. The van der Waals surface area contributed by atoms with Gasteiger partial charge in [-0.1, -0.05) is 11.3 Å². The lowest BCUT2D eigenvalue weighted by atomic mass is 10.2. The summed E-state index contributed by atoms with van der Waals surface area (Å²) in [5.74, 6) is -1.32. The van der Waals surface area contributed by atoms with Crippen molar-refractivity contribution < 1.29 is 14.7 Å². The van der Waals surface area contributed by atoms with Crippen LogP contribution in [-0.4, -0.2) is 43.9 Å². The van der Waals surface area contributed by atoms with E-state index in [0.29, 0.717) is 0 Å². The number of rotatable bonds is 5. The minimum atomic E-state index is -1.16. The second-order valence-electron chi connectivity index (χ2n) is 4.30. The summed E-state index contributed by atoms with van der Waals surface area (Å²) in [5.41, 5.74) is -0.174. The molecule has 0 aromatic carbocycles. The Hall–Kier alpha value is -2.22. The van der Waals surface area contributed by atoms with E-state index in [0.717, 1.165) is 4.88 Å². The van der Waals surface area contributed by atoms with Crippen molar-refractivity contribution >= 4 is 23.2 Å². The molecule has 1 amide bonds. The molecule has 2 aromatic rings. The molecular formula is C12H14N4O3S. The smallest absolute Gasteiger partial charge is 0.358 e. The fraction of sp³-hybridized carbons (Fsp3) is 0.333. The van der Waals surface area contributed by atoms with E-state index >= 15 is 0 Å². The number of likely N-dealkylation sites (N-methyl/N-ethyl adjacent to an activating group) is 1. The molecule has 2 rings (SSSR count). The van der Waals surface area contributed by atoms with Crippen molar-refractivity contribution in [2.75, 3.05) is 7.05 Å². The second kappa shape index (κ2) is 5.83. The van der Waals surface area contributed by atoms with Gasteiger partial charge in [0.2, 0.25) is 5.91 Å². The van der Waals surface area contributed by atoms with E-state index in [-0.39, 0.29) is 24.2 Å². The van der Waals surface area contributed by atoms with Crippen LogP contribution in [0.25, 0.3) is 0 Å². The maximum Gasteiger partial charge on any atom is 0.358 e. The number of aromatic carboxylic acids is 1. The molecule has 2 aromatic heterocycles. The number of aromatic nitrogens is 3. The number of carbonyl (C=O) groups is 2. The summed E-state index contributed by atoms with van der Waals surface area (Å²) in [5, 5.41) is 17.8. The van der Waals surface area contributed by atoms with E-state index in [4.69, 9.17) is 5.11 Å². The van der Waals surface area contributed by atoms with Gasteiger partial charge in [0.25, 0.3) is 0 Å². The highest BCUT2D eigenvalue weighted by molar-refractivity contribution is 7.10. The lowest BCUT2D eigenvalue weighted by molar-refractivity contribution is -0.132. The Kier molecular flexibility index (Phi) is 4.14. The van der Waals surface area contributed by atoms with Crippen LogP contribution < -0.4 is 0 Å². The molecule has 8 heteroatoms. The van der Waals surface area contributed by atoms with Crippen molar-refractivity contribution in [3.8, 4) is 0 Å². The van der Waals surface area contributed by atoms with Crippen LogP contribution in [0.5, 0.6) is 0 Å². The molecule has 0 saturated heterocycles. The van der Waals surface area contributed by atoms with Crippen molar-refractivity contribution in [3.05, 3.63) is 34.3 Å². The van der Waals surface area contributed by atoms with Gasteiger partial charge in [0.05, 0.1) is 12.2 Å². The lowest BCUT2D eigenvalue weighted by Crippen LogP contribution is -2.32. The zero-order valence-electron chi connectivity index (χ0n) is 11.1. The molecule has 106 valence electrons. The summed E-state index contributed by atoms with van der Waals surface area (Å²) >= 11 is 1.58. The van der Waals surface area contributed by atoms with Gasteiger partial charge < -0.3 is 10.0 Å². The van der Waals surface area contributed by atoms with Crippen LogP contribution in [0.2, 0.25) is 0 Å². The summed E-state index contributed by atoms with van der Waals surface area (Å²) in [4.78, 5) is 25.5. The average molecular weight is 294 g/mol. The number of nitrogens with zero attached hydrogens (tertiary/aromatic N) is 4. The normalized spacial score (nSPS) is 12.1. The van der Waals surface area contributed by atoms with Crippen molar-refractivity contribution in [1.82, 2.24) is 19.9 Å². The number of hydrogen-bond acceptors (Lipinski definition) is 5. The molecule has 2 heterocycles. The topological polar surface area (TPSA) is 88.3 Å². The Morgan fingerprint density at radius 3 is 2.85 bits per heavy atom. The largest absolute Gasteiger partial charge is 0.476 e. The molecule has 0 radical (unpaired) electrons. The maximum absolute atomic E-state index is 12.1. The summed E-state index contributed by atoms with van der Waals surface area (Å²) in [7, 11) is 1.71. The predicted molar refractivity (Wildman–Crippen MR) is 72.5 cm³/mol. The van der Waals surface area contributed by atoms with E-state index in [1.807, 2.05) is 24.4 Å². The van der Waals surface area contributed by atoms with Gasteiger partial charge in [-0.15, -0.1) is 16.4 Å².